The summed E-state index contributed by atoms with van der Waals surface area (Å²) < 4.78 is 11.8. The summed E-state index contributed by atoms with van der Waals surface area (Å²) in [4.78, 5) is 0. The molecule has 4 aromatic rings. The summed E-state index contributed by atoms with van der Waals surface area (Å²) in [6.07, 6.45) is 1.88. The fourth-order valence-electron chi connectivity index (χ4n) is 3.57. The van der Waals surface area contributed by atoms with Gasteiger partial charge >= 0.3 is 0 Å². The highest BCUT2D eigenvalue weighted by molar-refractivity contribution is 6.31. The second-order valence-electron chi connectivity index (χ2n) is 7.22. The Labute approximate surface area is 193 Å². The van der Waals surface area contributed by atoms with Crippen LogP contribution in [0.4, 0.5) is 0 Å². The molecule has 0 saturated heterocycles. The van der Waals surface area contributed by atoms with Gasteiger partial charge < -0.3 is 9.47 Å². The van der Waals surface area contributed by atoms with E-state index in [0.29, 0.717) is 35.3 Å². The number of nitriles is 1. The van der Waals surface area contributed by atoms with E-state index >= 15 is 0 Å². The van der Waals surface area contributed by atoms with Crippen molar-refractivity contribution in [2.75, 3.05) is 6.61 Å². The van der Waals surface area contributed by atoms with Gasteiger partial charge in [0, 0.05) is 16.1 Å². The molecule has 4 rings (SSSR count). The number of benzene rings is 4. The van der Waals surface area contributed by atoms with Gasteiger partial charge in [-0.1, -0.05) is 78.3 Å². The minimum Gasteiger partial charge on any atom is -0.490 e. The zero-order valence-corrected chi connectivity index (χ0v) is 18.5. The van der Waals surface area contributed by atoms with Gasteiger partial charge in [0.05, 0.1) is 18.2 Å². The molecule has 0 heterocycles. The second-order valence-corrected chi connectivity index (χ2v) is 7.62. The minimum absolute atomic E-state index is 0.342. The number of halogens is 1. The molecule has 0 bridgehead atoms. The Morgan fingerprint density at radius 1 is 0.906 bits per heavy atom. The standard InChI is InChI=1S/C28H22ClNO2/c1-2-31-28-17-20(14-15-27(28)32-19-22-9-4-6-13-26(22)29)16-23(18-30)25-12-7-10-21-8-3-5-11-24(21)25/h3-17H,2,19H2,1H3/b23-16-. The Bertz CT molecular complexity index is 1320. The van der Waals surface area contributed by atoms with E-state index in [9.17, 15) is 5.26 Å². The predicted octanol–water partition coefficient (Wildman–Crippen LogP) is 7.54. The number of hydrogen-bond acceptors (Lipinski definition) is 3. The fraction of sp³-hybridized carbons (Fsp3) is 0.107. The molecule has 0 unspecified atom stereocenters. The molecule has 4 aromatic carbocycles. The zero-order valence-electron chi connectivity index (χ0n) is 17.7. The molecular formula is C28H22ClNO2. The van der Waals surface area contributed by atoms with E-state index in [1.807, 2.05) is 97.9 Å². The first kappa shape index (κ1) is 21.5. The number of ether oxygens (including phenoxy) is 2. The lowest BCUT2D eigenvalue weighted by atomic mass is 9.97. The van der Waals surface area contributed by atoms with Crippen molar-refractivity contribution in [1.29, 1.82) is 5.26 Å². The van der Waals surface area contributed by atoms with Crippen LogP contribution in [0.1, 0.15) is 23.6 Å². The van der Waals surface area contributed by atoms with Crippen molar-refractivity contribution >= 4 is 34.0 Å². The van der Waals surface area contributed by atoms with Crippen LogP contribution < -0.4 is 9.47 Å². The van der Waals surface area contributed by atoms with Crippen LogP contribution in [0.25, 0.3) is 22.4 Å². The van der Waals surface area contributed by atoms with Crippen LogP contribution in [0.3, 0.4) is 0 Å². The van der Waals surface area contributed by atoms with Crippen molar-refractivity contribution in [1.82, 2.24) is 0 Å². The number of fused-ring (bicyclic) bond motifs is 1. The average molecular weight is 440 g/mol. The third-order valence-corrected chi connectivity index (χ3v) is 5.49. The van der Waals surface area contributed by atoms with Crippen LogP contribution in [0.2, 0.25) is 5.02 Å². The topological polar surface area (TPSA) is 42.2 Å². The van der Waals surface area contributed by atoms with Crippen LogP contribution in [-0.2, 0) is 6.61 Å². The Morgan fingerprint density at radius 3 is 2.50 bits per heavy atom. The summed E-state index contributed by atoms with van der Waals surface area (Å²) in [7, 11) is 0. The number of rotatable bonds is 7. The van der Waals surface area contributed by atoms with Gasteiger partial charge in [-0.2, -0.15) is 5.26 Å². The van der Waals surface area contributed by atoms with Crippen molar-refractivity contribution in [2.45, 2.75) is 13.5 Å². The lowest BCUT2D eigenvalue weighted by Crippen LogP contribution is -2.00. The van der Waals surface area contributed by atoms with E-state index in [0.717, 1.165) is 27.5 Å². The van der Waals surface area contributed by atoms with E-state index in [-0.39, 0.29) is 0 Å². The average Bonchev–Trinajstić information content (AvgIpc) is 2.83. The summed E-state index contributed by atoms with van der Waals surface area (Å²) in [5.41, 5.74) is 3.27. The number of nitrogens with zero attached hydrogens (tertiary/aromatic N) is 1. The summed E-state index contributed by atoms with van der Waals surface area (Å²) in [6, 6.07) is 29.7. The van der Waals surface area contributed by atoms with Crippen LogP contribution in [0, 0.1) is 11.3 Å². The molecule has 158 valence electrons. The van der Waals surface area contributed by atoms with Crippen molar-refractivity contribution in [2.24, 2.45) is 0 Å². The molecule has 0 fully saturated rings. The normalized spacial score (nSPS) is 11.2. The third kappa shape index (κ3) is 4.77. The maximum Gasteiger partial charge on any atom is 0.161 e. The van der Waals surface area contributed by atoms with E-state index < -0.39 is 0 Å². The molecule has 0 aliphatic carbocycles. The summed E-state index contributed by atoms with van der Waals surface area (Å²) in [5.74, 6) is 1.26. The lowest BCUT2D eigenvalue weighted by molar-refractivity contribution is 0.269. The number of hydrogen-bond donors (Lipinski definition) is 0. The molecule has 3 nitrogen and oxygen atoms in total. The van der Waals surface area contributed by atoms with Gasteiger partial charge in [-0.15, -0.1) is 0 Å². The molecule has 0 atom stereocenters. The Morgan fingerprint density at radius 2 is 1.69 bits per heavy atom. The van der Waals surface area contributed by atoms with Gasteiger partial charge in [0.25, 0.3) is 0 Å². The highest BCUT2D eigenvalue weighted by atomic mass is 35.5. The molecule has 0 saturated carbocycles. The maximum atomic E-state index is 9.88. The first-order valence-corrected chi connectivity index (χ1v) is 10.8. The highest BCUT2D eigenvalue weighted by Gasteiger charge is 2.10. The van der Waals surface area contributed by atoms with Crippen LogP contribution in [0.5, 0.6) is 11.5 Å². The van der Waals surface area contributed by atoms with Gasteiger partial charge in [-0.3, -0.25) is 0 Å². The molecule has 0 N–H and O–H groups in total. The monoisotopic (exact) mass is 439 g/mol. The summed E-state index contributed by atoms with van der Waals surface area (Å²) in [6.45, 7) is 2.77. The Hall–Kier alpha value is -3.74. The van der Waals surface area contributed by atoms with E-state index in [1.54, 1.807) is 0 Å². The van der Waals surface area contributed by atoms with Gasteiger partial charge in [-0.25, -0.2) is 0 Å². The van der Waals surface area contributed by atoms with E-state index in [1.165, 1.54) is 0 Å². The quantitative estimate of drug-likeness (QED) is 0.220. The second kappa shape index (κ2) is 10.0. The van der Waals surface area contributed by atoms with Crippen molar-refractivity contribution < 1.29 is 9.47 Å². The van der Waals surface area contributed by atoms with Crippen molar-refractivity contribution in [3.63, 3.8) is 0 Å². The first-order chi connectivity index (χ1) is 15.7. The van der Waals surface area contributed by atoms with Crippen LogP contribution in [0.15, 0.2) is 84.9 Å². The molecule has 32 heavy (non-hydrogen) atoms. The largest absolute Gasteiger partial charge is 0.490 e. The summed E-state index contributed by atoms with van der Waals surface area (Å²) in [5, 5.41) is 12.7. The highest BCUT2D eigenvalue weighted by Crippen LogP contribution is 2.32. The van der Waals surface area contributed by atoms with Gasteiger partial charge in [-0.05, 0) is 47.5 Å². The zero-order chi connectivity index (χ0) is 22.3. The third-order valence-electron chi connectivity index (χ3n) is 5.12. The molecule has 0 spiro atoms. The molecule has 4 heteroatoms. The fourth-order valence-corrected chi connectivity index (χ4v) is 3.76. The van der Waals surface area contributed by atoms with E-state index in [2.05, 4.69) is 6.07 Å². The maximum absolute atomic E-state index is 9.88. The van der Waals surface area contributed by atoms with E-state index in [4.69, 9.17) is 21.1 Å². The Balaban J connectivity index is 1.66. The molecular weight excluding hydrogens is 418 g/mol. The predicted molar refractivity (Wildman–Crippen MR) is 131 cm³/mol. The number of allylic oxidation sites excluding steroid dienone is 1. The van der Waals surface area contributed by atoms with Crippen molar-refractivity contribution in [3.05, 3.63) is 107 Å². The van der Waals surface area contributed by atoms with Crippen LogP contribution >= 0.6 is 11.6 Å². The van der Waals surface area contributed by atoms with Gasteiger partial charge in [0.1, 0.15) is 6.61 Å². The van der Waals surface area contributed by atoms with Crippen molar-refractivity contribution in [3.8, 4) is 17.6 Å². The SMILES string of the molecule is CCOc1cc(/C=C(/C#N)c2cccc3ccccc23)ccc1OCc1ccccc1Cl. The summed E-state index contributed by atoms with van der Waals surface area (Å²) >= 11 is 6.24. The van der Waals surface area contributed by atoms with Crippen LogP contribution in [-0.4, -0.2) is 6.61 Å². The molecule has 0 aliphatic rings. The molecule has 0 aliphatic heterocycles. The molecule has 0 radical (unpaired) electrons. The molecule has 0 amide bonds. The minimum atomic E-state index is 0.342. The molecule has 0 aromatic heterocycles. The lowest BCUT2D eigenvalue weighted by Gasteiger charge is -2.13. The Kier molecular flexibility index (Phi) is 6.75. The smallest absolute Gasteiger partial charge is 0.161 e. The van der Waals surface area contributed by atoms with Gasteiger partial charge in [0.15, 0.2) is 11.5 Å². The first-order valence-electron chi connectivity index (χ1n) is 10.4. The van der Waals surface area contributed by atoms with Gasteiger partial charge in [0.2, 0.25) is 0 Å².